The van der Waals surface area contributed by atoms with Crippen molar-refractivity contribution in [3.8, 4) is 0 Å². The molecule has 126 valence electrons. The van der Waals surface area contributed by atoms with Crippen LogP contribution in [0.2, 0.25) is 0 Å². The summed E-state index contributed by atoms with van der Waals surface area (Å²) in [4.78, 5) is 31.5. The Hall–Kier alpha value is -3.28. The van der Waals surface area contributed by atoms with Crippen LogP contribution < -0.4 is 5.32 Å². The van der Waals surface area contributed by atoms with Gasteiger partial charge in [0.05, 0.1) is 12.2 Å². The molecule has 0 aliphatic carbocycles. The molecule has 1 atom stereocenters. The molecular weight excluding hydrogens is 318 g/mol. The number of nitrogens with one attached hydrogen (secondary N) is 1. The van der Waals surface area contributed by atoms with Crippen molar-refractivity contribution in [3.63, 3.8) is 0 Å². The van der Waals surface area contributed by atoms with Crippen molar-refractivity contribution >= 4 is 22.6 Å². The highest BCUT2D eigenvalue weighted by molar-refractivity contribution is 5.90. The van der Waals surface area contributed by atoms with Gasteiger partial charge in [0.25, 0.3) is 5.91 Å². The number of hydrogen-bond donors (Lipinski definition) is 1. The van der Waals surface area contributed by atoms with E-state index in [1.54, 1.807) is 0 Å². The zero-order valence-electron chi connectivity index (χ0n) is 13.7. The lowest BCUT2D eigenvalue weighted by atomic mass is 10.00. The van der Waals surface area contributed by atoms with Gasteiger partial charge in [-0.25, -0.2) is 9.78 Å². The number of rotatable bonds is 5. The Morgan fingerprint density at radius 3 is 2.72 bits per heavy atom. The largest absolute Gasteiger partial charge is 0.451 e. The number of esters is 1. The van der Waals surface area contributed by atoms with Gasteiger partial charge in [-0.2, -0.15) is 0 Å². The number of carbonyl (C=O) groups excluding carboxylic acids is 2. The van der Waals surface area contributed by atoms with Gasteiger partial charge < -0.3 is 10.1 Å². The number of amides is 1. The molecule has 6 heteroatoms. The third-order valence-corrected chi connectivity index (χ3v) is 3.77. The number of benzene rings is 2. The minimum Gasteiger partial charge on any atom is -0.451 e. The van der Waals surface area contributed by atoms with Gasteiger partial charge in [-0.15, -0.1) is 0 Å². The summed E-state index contributed by atoms with van der Waals surface area (Å²) in [6.07, 6.45) is 4.13. The highest BCUT2D eigenvalue weighted by atomic mass is 16.5. The van der Waals surface area contributed by atoms with Crippen molar-refractivity contribution in [2.75, 3.05) is 6.61 Å². The van der Waals surface area contributed by atoms with E-state index in [9.17, 15) is 9.59 Å². The molecule has 1 amide bonds. The highest BCUT2D eigenvalue weighted by Gasteiger charge is 2.15. The summed E-state index contributed by atoms with van der Waals surface area (Å²) in [7, 11) is 0. The fourth-order valence-corrected chi connectivity index (χ4v) is 2.60. The molecule has 1 N–H and O–H groups in total. The van der Waals surface area contributed by atoms with Gasteiger partial charge in [-0.1, -0.05) is 42.5 Å². The third kappa shape index (κ3) is 3.98. The van der Waals surface area contributed by atoms with Crippen LogP contribution in [0.5, 0.6) is 0 Å². The second-order valence-electron chi connectivity index (χ2n) is 5.52. The van der Waals surface area contributed by atoms with E-state index in [4.69, 9.17) is 4.74 Å². The van der Waals surface area contributed by atoms with E-state index in [0.717, 1.165) is 16.3 Å². The number of hydrogen-bond acceptors (Lipinski definition) is 5. The summed E-state index contributed by atoms with van der Waals surface area (Å²) in [5, 5.41) is 5.03. The maximum absolute atomic E-state index is 12.1. The van der Waals surface area contributed by atoms with Gasteiger partial charge in [0.2, 0.25) is 0 Å². The zero-order chi connectivity index (χ0) is 17.6. The third-order valence-electron chi connectivity index (χ3n) is 3.77. The maximum atomic E-state index is 12.1. The van der Waals surface area contributed by atoms with Crippen LogP contribution >= 0.6 is 0 Å². The summed E-state index contributed by atoms with van der Waals surface area (Å²) in [5.74, 6) is -1.06. The fourth-order valence-electron chi connectivity index (χ4n) is 2.60. The second-order valence-corrected chi connectivity index (χ2v) is 5.52. The number of nitrogens with zero attached hydrogens (tertiary/aromatic N) is 2. The number of aromatic nitrogens is 2. The summed E-state index contributed by atoms with van der Waals surface area (Å²) in [6.45, 7) is 1.52. The Morgan fingerprint density at radius 2 is 1.92 bits per heavy atom. The minimum atomic E-state index is -0.680. The molecule has 2 aromatic carbocycles. The SMILES string of the molecule is C[C@@H](NC(=O)COC(=O)c1cnccn1)c1cccc2ccccc12. The molecule has 0 saturated heterocycles. The quantitative estimate of drug-likeness (QED) is 0.725. The average Bonchev–Trinajstić information content (AvgIpc) is 2.66. The lowest BCUT2D eigenvalue weighted by molar-refractivity contribution is -0.124. The predicted molar refractivity (Wildman–Crippen MR) is 92.8 cm³/mol. The van der Waals surface area contributed by atoms with Gasteiger partial charge in [0, 0.05) is 12.4 Å². The van der Waals surface area contributed by atoms with E-state index in [-0.39, 0.29) is 24.2 Å². The normalized spacial score (nSPS) is 11.7. The van der Waals surface area contributed by atoms with Gasteiger partial charge in [0.15, 0.2) is 12.3 Å². The Bertz CT molecular complexity index is 891. The molecule has 0 radical (unpaired) electrons. The van der Waals surface area contributed by atoms with Crippen LogP contribution in [0.25, 0.3) is 10.8 Å². The number of ether oxygens (including phenoxy) is 1. The Morgan fingerprint density at radius 1 is 1.12 bits per heavy atom. The van der Waals surface area contributed by atoms with Crippen LogP contribution in [0.1, 0.15) is 29.0 Å². The lowest BCUT2D eigenvalue weighted by Crippen LogP contribution is -2.31. The molecule has 0 spiro atoms. The van der Waals surface area contributed by atoms with Gasteiger partial charge >= 0.3 is 5.97 Å². The van der Waals surface area contributed by atoms with E-state index in [2.05, 4.69) is 15.3 Å². The highest BCUT2D eigenvalue weighted by Crippen LogP contribution is 2.23. The van der Waals surface area contributed by atoms with Crippen LogP contribution in [-0.2, 0) is 9.53 Å². The molecular formula is C19H17N3O3. The van der Waals surface area contributed by atoms with E-state index >= 15 is 0 Å². The summed E-state index contributed by atoms with van der Waals surface area (Å²) >= 11 is 0. The molecule has 0 aliphatic heterocycles. The molecule has 6 nitrogen and oxygen atoms in total. The number of carbonyl (C=O) groups is 2. The van der Waals surface area contributed by atoms with Gasteiger partial charge in [0.1, 0.15) is 0 Å². The molecule has 0 unspecified atom stereocenters. The second kappa shape index (κ2) is 7.53. The van der Waals surface area contributed by atoms with Crippen LogP contribution in [0.4, 0.5) is 0 Å². The van der Waals surface area contributed by atoms with E-state index in [0.29, 0.717) is 0 Å². The molecule has 3 rings (SSSR count). The smallest absolute Gasteiger partial charge is 0.359 e. The van der Waals surface area contributed by atoms with Gasteiger partial charge in [-0.3, -0.25) is 9.78 Å². The van der Waals surface area contributed by atoms with Crippen molar-refractivity contribution in [2.45, 2.75) is 13.0 Å². The molecule has 0 saturated carbocycles. The zero-order valence-corrected chi connectivity index (χ0v) is 13.7. The molecule has 1 heterocycles. The fraction of sp³-hybridized carbons (Fsp3) is 0.158. The van der Waals surface area contributed by atoms with E-state index in [1.807, 2.05) is 49.4 Å². The first kappa shape index (κ1) is 16.6. The first-order valence-corrected chi connectivity index (χ1v) is 7.85. The lowest BCUT2D eigenvalue weighted by Gasteiger charge is -2.16. The summed E-state index contributed by atoms with van der Waals surface area (Å²) in [5.41, 5.74) is 1.07. The van der Waals surface area contributed by atoms with Crippen molar-refractivity contribution in [1.29, 1.82) is 0 Å². The average molecular weight is 335 g/mol. The molecule has 1 aromatic heterocycles. The Kier molecular flexibility index (Phi) is 4.99. The van der Waals surface area contributed by atoms with Crippen LogP contribution in [0.3, 0.4) is 0 Å². The monoisotopic (exact) mass is 335 g/mol. The van der Waals surface area contributed by atoms with E-state index < -0.39 is 5.97 Å². The Labute approximate surface area is 144 Å². The predicted octanol–water partition coefficient (Wildman–Crippen LogP) is 2.66. The standard InChI is InChI=1S/C19H17N3O3/c1-13(15-8-4-6-14-5-2-3-7-16(14)15)22-18(23)12-25-19(24)17-11-20-9-10-21-17/h2-11,13H,12H2,1H3,(H,22,23)/t13-/m1/s1. The van der Waals surface area contributed by atoms with Crippen LogP contribution in [0.15, 0.2) is 61.1 Å². The van der Waals surface area contributed by atoms with Gasteiger partial charge in [-0.05, 0) is 23.3 Å². The van der Waals surface area contributed by atoms with Crippen molar-refractivity contribution in [1.82, 2.24) is 15.3 Å². The molecule has 25 heavy (non-hydrogen) atoms. The van der Waals surface area contributed by atoms with Crippen LogP contribution in [-0.4, -0.2) is 28.5 Å². The molecule has 3 aromatic rings. The molecule has 0 bridgehead atoms. The Balaban J connectivity index is 1.61. The minimum absolute atomic E-state index is 0.0670. The van der Waals surface area contributed by atoms with Crippen molar-refractivity contribution in [2.24, 2.45) is 0 Å². The van der Waals surface area contributed by atoms with Crippen LogP contribution in [0, 0.1) is 0 Å². The molecule has 0 aliphatic rings. The summed E-state index contributed by atoms with van der Waals surface area (Å²) in [6, 6.07) is 13.7. The first-order valence-electron chi connectivity index (χ1n) is 7.85. The topological polar surface area (TPSA) is 81.2 Å². The van der Waals surface area contributed by atoms with Crippen molar-refractivity contribution in [3.05, 3.63) is 72.3 Å². The van der Waals surface area contributed by atoms with Crippen molar-refractivity contribution < 1.29 is 14.3 Å². The number of fused-ring (bicyclic) bond motifs is 1. The summed E-state index contributed by atoms with van der Waals surface area (Å²) < 4.78 is 4.96. The first-order chi connectivity index (χ1) is 12.1. The molecule has 0 fully saturated rings. The van der Waals surface area contributed by atoms with E-state index in [1.165, 1.54) is 18.6 Å². The maximum Gasteiger partial charge on any atom is 0.359 e.